The van der Waals surface area contributed by atoms with Crippen molar-refractivity contribution < 1.29 is 9.53 Å². The van der Waals surface area contributed by atoms with E-state index in [0.29, 0.717) is 0 Å². The third kappa shape index (κ3) is 2.35. The number of carbonyl (C=O) groups is 1. The van der Waals surface area contributed by atoms with Gasteiger partial charge in [-0.15, -0.1) is 0 Å². The molecule has 0 aliphatic carbocycles. The molecule has 0 bridgehead atoms. The fourth-order valence-electron chi connectivity index (χ4n) is 1.08. The van der Waals surface area contributed by atoms with Gasteiger partial charge in [0.2, 0.25) is 0 Å². The number of nitrogens with zero attached hydrogens (tertiary/aromatic N) is 1. The molecule has 3 nitrogen and oxygen atoms in total. The van der Waals surface area contributed by atoms with Crippen LogP contribution in [0.1, 0.15) is 19.8 Å². The summed E-state index contributed by atoms with van der Waals surface area (Å²) in [5.41, 5.74) is 0. The number of rotatable bonds is 1. The summed E-state index contributed by atoms with van der Waals surface area (Å²) < 4.78 is 4.99. The summed E-state index contributed by atoms with van der Waals surface area (Å²) in [4.78, 5) is 10.5. The molecule has 0 spiro atoms. The predicted octanol–water partition coefficient (Wildman–Crippen LogP) is 0.316. The molecule has 1 radical (unpaired) electrons. The smallest absolute Gasteiger partial charge is 0.302 e. The minimum Gasteiger partial charge on any atom is -0.462 e. The average Bonchev–Trinajstić information content (AvgIpc) is 1.88. The van der Waals surface area contributed by atoms with Crippen LogP contribution in [0.4, 0.5) is 0 Å². The number of esters is 1. The molecular formula is C7H12NO2. The molecule has 0 aromatic rings. The van der Waals surface area contributed by atoms with Crippen molar-refractivity contribution in [2.24, 2.45) is 0 Å². The molecule has 0 aromatic carbocycles. The Balaban J connectivity index is 2.19. The molecule has 0 amide bonds. The van der Waals surface area contributed by atoms with Gasteiger partial charge in [0.25, 0.3) is 0 Å². The monoisotopic (exact) mass is 142 g/mol. The van der Waals surface area contributed by atoms with E-state index in [-0.39, 0.29) is 12.1 Å². The third-order valence-electron chi connectivity index (χ3n) is 1.55. The molecule has 0 aromatic heterocycles. The molecule has 10 heavy (non-hydrogen) atoms. The van der Waals surface area contributed by atoms with E-state index in [1.165, 1.54) is 6.92 Å². The summed E-state index contributed by atoms with van der Waals surface area (Å²) in [5, 5.41) is 4.14. The van der Waals surface area contributed by atoms with Crippen molar-refractivity contribution in [2.45, 2.75) is 25.9 Å². The van der Waals surface area contributed by atoms with Gasteiger partial charge in [-0.25, -0.2) is 5.32 Å². The zero-order valence-electron chi connectivity index (χ0n) is 6.17. The summed E-state index contributed by atoms with van der Waals surface area (Å²) >= 11 is 0. The van der Waals surface area contributed by atoms with Gasteiger partial charge < -0.3 is 4.74 Å². The fourth-order valence-corrected chi connectivity index (χ4v) is 1.08. The van der Waals surface area contributed by atoms with Crippen LogP contribution in [0.25, 0.3) is 0 Å². The zero-order valence-corrected chi connectivity index (χ0v) is 6.17. The van der Waals surface area contributed by atoms with Crippen LogP contribution in [-0.4, -0.2) is 25.2 Å². The van der Waals surface area contributed by atoms with Crippen molar-refractivity contribution in [1.29, 1.82) is 0 Å². The highest BCUT2D eigenvalue weighted by molar-refractivity contribution is 5.66. The number of hydrogen-bond acceptors (Lipinski definition) is 2. The maximum Gasteiger partial charge on any atom is 0.302 e. The van der Waals surface area contributed by atoms with Gasteiger partial charge in [0.1, 0.15) is 6.10 Å². The van der Waals surface area contributed by atoms with E-state index in [9.17, 15) is 4.79 Å². The van der Waals surface area contributed by atoms with Gasteiger partial charge in [0, 0.05) is 20.0 Å². The molecule has 0 saturated carbocycles. The van der Waals surface area contributed by atoms with Crippen molar-refractivity contribution in [3.63, 3.8) is 0 Å². The quantitative estimate of drug-likeness (QED) is 0.494. The Morgan fingerprint density at radius 1 is 1.50 bits per heavy atom. The largest absolute Gasteiger partial charge is 0.462 e. The summed E-state index contributed by atoms with van der Waals surface area (Å²) in [7, 11) is 0. The van der Waals surface area contributed by atoms with Crippen molar-refractivity contribution in [2.75, 3.05) is 13.1 Å². The number of ether oxygens (including phenoxy) is 1. The molecular weight excluding hydrogens is 130 g/mol. The Morgan fingerprint density at radius 3 is 2.60 bits per heavy atom. The Bertz CT molecular complexity index is 119. The summed E-state index contributed by atoms with van der Waals surface area (Å²) in [6.45, 7) is 3.14. The lowest BCUT2D eigenvalue weighted by molar-refractivity contribution is -0.147. The van der Waals surface area contributed by atoms with Gasteiger partial charge in [0.05, 0.1) is 0 Å². The van der Waals surface area contributed by atoms with Crippen molar-refractivity contribution in [3.05, 3.63) is 0 Å². The minimum atomic E-state index is -0.174. The van der Waals surface area contributed by atoms with Crippen LogP contribution in [0.5, 0.6) is 0 Å². The molecule has 1 heterocycles. The van der Waals surface area contributed by atoms with Gasteiger partial charge in [-0.3, -0.25) is 4.79 Å². The lowest BCUT2D eigenvalue weighted by atomic mass is 10.1. The third-order valence-corrected chi connectivity index (χ3v) is 1.55. The van der Waals surface area contributed by atoms with Crippen LogP contribution in [0.15, 0.2) is 0 Å². The van der Waals surface area contributed by atoms with Crippen LogP contribution in [0.2, 0.25) is 0 Å². The topological polar surface area (TPSA) is 40.4 Å². The number of piperidine rings is 1. The van der Waals surface area contributed by atoms with Crippen LogP contribution in [-0.2, 0) is 9.53 Å². The maximum absolute atomic E-state index is 10.5. The molecule has 0 atom stereocenters. The normalized spacial score (nSPS) is 20.5. The summed E-state index contributed by atoms with van der Waals surface area (Å²) in [5.74, 6) is -0.174. The number of hydrogen-bond donors (Lipinski definition) is 0. The molecule has 1 aliphatic heterocycles. The second-order valence-electron chi connectivity index (χ2n) is 2.48. The second-order valence-corrected chi connectivity index (χ2v) is 2.48. The summed E-state index contributed by atoms with van der Waals surface area (Å²) in [6, 6.07) is 0. The molecule has 1 rings (SSSR count). The van der Waals surface area contributed by atoms with E-state index in [1.54, 1.807) is 0 Å². The van der Waals surface area contributed by atoms with Gasteiger partial charge in [-0.1, -0.05) is 0 Å². The molecule has 3 heteroatoms. The first-order valence-corrected chi connectivity index (χ1v) is 3.59. The summed E-state index contributed by atoms with van der Waals surface area (Å²) in [6.07, 6.45) is 1.94. The molecule has 1 aliphatic rings. The SMILES string of the molecule is CC(=O)OC1CC[N]CC1. The van der Waals surface area contributed by atoms with E-state index in [1.807, 2.05) is 0 Å². The average molecular weight is 142 g/mol. The Morgan fingerprint density at radius 2 is 2.10 bits per heavy atom. The Hall–Kier alpha value is -0.570. The van der Waals surface area contributed by atoms with Gasteiger partial charge in [0.15, 0.2) is 0 Å². The second kappa shape index (κ2) is 3.56. The van der Waals surface area contributed by atoms with E-state index in [4.69, 9.17) is 4.74 Å². The van der Waals surface area contributed by atoms with Crippen molar-refractivity contribution >= 4 is 5.97 Å². The Kier molecular flexibility index (Phi) is 2.68. The molecule has 1 saturated heterocycles. The van der Waals surface area contributed by atoms with Crippen LogP contribution < -0.4 is 5.32 Å². The standard InChI is InChI=1S/C7H12NO2/c1-6(9)10-7-2-4-8-5-3-7/h7H,2-5H2,1H3. The number of carbonyl (C=O) groups excluding carboxylic acids is 1. The maximum atomic E-state index is 10.5. The van der Waals surface area contributed by atoms with Gasteiger partial charge in [-0.05, 0) is 12.8 Å². The first kappa shape index (κ1) is 7.54. The van der Waals surface area contributed by atoms with Crippen LogP contribution in [0, 0.1) is 0 Å². The van der Waals surface area contributed by atoms with Crippen LogP contribution in [0.3, 0.4) is 0 Å². The molecule has 1 fully saturated rings. The highest BCUT2D eigenvalue weighted by Crippen LogP contribution is 2.07. The first-order valence-electron chi connectivity index (χ1n) is 3.59. The van der Waals surface area contributed by atoms with E-state index >= 15 is 0 Å². The van der Waals surface area contributed by atoms with E-state index < -0.39 is 0 Å². The van der Waals surface area contributed by atoms with E-state index in [2.05, 4.69) is 5.32 Å². The predicted molar refractivity (Wildman–Crippen MR) is 36.7 cm³/mol. The van der Waals surface area contributed by atoms with Gasteiger partial charge >= 0.3 is 5.97 Å². The first-order chi connectivity index (χ1) is 4.79. The molecule has 0 unspecified atom stereocenters. The lowest BCUT2D eigenvalue weighted by Crippen LogP contribution is -2.29. The minimum absolute atomic E-state index is 0.134. The Labute approximate surface area is 60.7 Å². The highest BCUT2D eigenvalue weighted by atomic mass is 16.5. The van der Waals surface area contributed by atoms with Crippen LogP contribution >= 0.6 is 0 Å². The lowest BCUT2D eigenvalue weighted by Gasteiger charge is -2.20. The zero-order chi connectivity index (χ0) is 7.40. The molecule has 57 valence electrons. The van der Waals surface area contributed by atoms with Crippen molar-refractivity contribution in [1.82, 2.24) is 5.32 Å². The highest BCUT2D eigenvalue weighted by Gasteiger charge is 2.15. The fraction of sp³-hybridized carbons (Fsp3) is 0.857. The molecule has 0 N–H and O–H groups in total. The van der Waals surface area contributed by atoms with Gasteiger partial charge in [-0.2, -0.15) is 0 Å². The van der Waals surface area contributed by atoms with E-state index in [0.717, 1.165) is 25.9 Å². The van der Waals surface area contributed by atoms with Crippen molar-refractivity contribution in [3.8, 4) is 0 Å².